The van der Waals surface area contributed by atoms with E-state index in [1.165, 1.54) is 0 Å². The number of carboxylic acid groups (broad SMARTS) is 4. The molecule has 0 radical (unpaired) electrons. The van der Waals surface area contributed by atoms with Gasteiger partial charge < -0.3 is 85.5 Å². The summed E-state index contributed by atoms with van der Waals surface area (Å²) in [5, 5.41) is 40.1. The fourth-order valence-corrected chi connectivity index (χ4v) is 2.51. The average molecular weight is 792 g/mol. The average Bonchev–Trinajstić information content (AvgIpc) is 2.89. The van der Waals surface area contributed by atoms with Gasteiger partial charge in [0.1, 0.15) is 0 Å². The second kappa shape index (κ2) is 39.2. The molecule has 0 heterocycles. The van der Waals surface area contributed by atoms with Gasteiger partial charge in [-0.25, -0.2) is 0 Å². The van der Waals surface area contributed by atoms with E-state index in [9.17, 15) is 39.6 Å². The normalized spacial score (nSPS) is 12.4. The van der Waals surface area contributed by atoms with Crippen LogP contribution in [0.3, 0.4) is 0 Å². The van der Waals surface area contributed by atoms with Gasteiger partial charge in [-0.3, -0.25) is 0 Å². The smallest absolute Gasteiger partial charge is 0.548 e. The van der Waals surface area contributed by atoms with Gasteiger partial charge in [-0.15, -0.1) is 0 Å². The van der Waals surface area contributed by atoms with E-state index in [-0.39, 0.29) is 28.5 Å². The molecule has 42 heavy (non-hydrogen) atoms. The van der Waals surface area contributed by atoms with Crippen molar-refractivity contribution in [1.82, 2.24) is 0 Å². The van der Waals surface area contributed by atoms with Crippen LogP contribution >= 0.6 is 0 Å². The Morgan fingerprint density at radius 1 is 0.405 bits per heavy atom. The fraction of sp³-hybridized carbons (Fsp3) is 0.840. The number of hydrogen-bond donors (Lipinski definition) is 8. The van der Waals surface area contributed by atoms with E-state index in [0.717, 1.165) is 51.4 Å². The minimum atomic E-state index is -1.18. The van der Waals surface area contributed by atoms with Crippen LogP contribution in [0.5, 0.6) is 0 Å². The summed E-state index contributed by atoms with van der Waals surface area (Å²) < 4.78 is 0. The first-order valence-electron chi connectivity index (χ1n) is 13.4. The second-order valence-electron chi connectivity index (χ2n) is 8.84. The van der Waals surface area contributed by atoms with E-state index in [2.05, 4.69) is 0 Å². The number of hydrogen-bond acceptors (Lipinski definition) is 16. The van der Waals surface area contributed by atoms with Crippen molar-refractivity contribution >= 4 is 23.9 Å². The Labute approximate surface area is 264 Å². The predicted octanol–water partition coefficient (Wildman–Crippen LogP) is -6.60. The Hall–Kier alpha value is -1.75. The standard InChI is InChI=1S/4C6H14N2O2.CH4.Pt/c4*7-4-2-1-3-5(8)6(9)10;;/h4*5H,1-4,7-8H2,(H,9,10);1H4;/q;;;;;+4/p-4/t4*5-;;/m0000../s1. The molecule has 16 N–H and O–H groups in total. The molecular weight excluding hydrogens is 735 g/mol. The summed E-state index contributed by atoms with van der Waals surface area (Å²) in [6.07, 6.45) is 8.14. The molecule has 0 aliphatic rings. The number of carbonyl (C=O) groups is 4. The molecule has 0 spiro atoms. The summed E-state index contributed by atoms with van der Waals surface area (Å²) in [5.41, 5.74) is 41.4. The zero-order valence-corrected chi connectivity index (χ0v) is 26.1. The maximum absolute atomic E-state index is 10.0. The number of rotatable bonds is 20. The van der Waals surface area contributed by atoms with Crippen LogP contribution in [0.4, 0.5) is 0 Å². The van der Waals surface area contributed by atoms with E-state index >= 15 is 0 Å². The number of nitrogens with two attached hydrogens (primary N) is 8. The summed E-state index contributed by atoms with van der Waals surface area (Å²) in [4.78, 5) is 40.1. The summed E-state index contributed by atoms with van der Waals surface area (Å²) >= 11 is 0. The van der Waals surface area contributed by atoms with E-state index in [0.29, 0.717) is 51.9 Å². The van der Waals surface area contributed by atoms with E-state index in [1.807, 2.05) is 0 Å². The zero-order chi connectivity index (χ0) is 31.9. The van der Waals surface area contributed by atoms with Crippen molar-refractivity contribution in [2.24, 2.45) is 45.9 Å². The third-order valence-electron chi connectivity index (χ3n) is 5.09. The summed E-state index contributed by atoms with van der Waals surface area (Å²) in [6.45, 7) is 2.33. The molecule has 0 aliphatic carbocycles. The number of unbranched alkanes of at least 4 members (excludes halogenated alkanes) is 4. The van der Waals surface area contributed by atoms with Gasteiger partial charge in [0.25, 0.3) is 0 Å². The molecule has 16 nitrogen and oxygen atoms in total. The fourth-order valence-electron chi connectivity index (χ4n) is 2.51. The molecule has 0 aliphatic heterocycles. The van der Waals surface area contributed by atoms with E-state index < -0.39 is 48.0 Å². The molecule has 0 aromatic rings. The van der Waals surface area contributed by atoms with Crippen molar-refractivity contribution < 1.29 is 60.7 Å². The summed E-state index contributed by atoms with van der Waals surface area (Å²) in [7, 11) is 0. The molecule has 0 amide bonds. The van der Waals surface area contributed by atoms with Crippen LogP contribution in [0.1, 0.15) is 84.5 Å². The number of carboxylic acids is 4. The van der Waals surface area contributed by atoms with Gasteiger partial charge in [0.05, 0.1) is 23.9 Å². The number of carbonyl (C=O) groups excluding carboxylic acids is 4. The van der Waals surface area contributed by atoms with Crippen molar-refractivity contribution in [2.45, 2.75) is 109 Å². The van der Waals surface area contributed by atoms with Gasteiger partial charge in [0.2, 0.25) is 0 Å². The van der Waals surface area contributed by atoms with Crippen molar-refractivity contribution in [3.8, 4) is 0 Å². The third-order valence-corrected chi connectivity index (χ3v) is 5.09. The SMILES string of the molecule is C.NCCCC[C@H](N)C(=O)[O-].NCCCC[C@H](N)C(=O)[O-].NCCCC[C@H](N)C(=O)[O-].NCCCC[C@H](N)C(=O)[O-].[Pt+4]. The maximum atomic E-state index is 10.0. The van der Waals surface area contributed by atoms with Crippen LogP contribution in [-0.4, -0.2) is 74.2 Å². The topological polar surface area (TPSA) is 369 Å². The Kier molecular flexibility index (Phi) is 49.4. The summed E-state index contributed by atoms with van der Waals surface area (Å²) in [5.74, 6) is -4.73. The quantitative estimate of drug-likeness (QED) is 0.0531. The van der Waals surface area contributed by atoms with Crippen molar-refractivity contribution in [3.63, 3.8) is 0 Å². The second-order valence-corrected chi connectivity index (χ2v) is 8.84. The Morgan fingerprint density at radius 3 is 0.643 bits per heavy atom. The van der Waals surface area contributed by atoms with Gasteiger partial charge in [-0.2, -0.15) is 0 Å². The Morgan fingerprint density at radius 2 is 0.548 bits per heavy atom. The van der Waals surface area contributed by atoms with Crippen LogP contribution < -0.4 is 66.3 Å². The molecule has 0 saturated heterocycles. The molecule has 0 saturated carbocycles. The summed E-state index contributed by atoms with van der Waals surface area (Å²) in [6, 6.07) is -3.31. The molecule has 0 bridgehead atoms. The van der Waals surface area contributed by atoms with Crippen molar-refractivity contribution in [3.05, 3.63) is 0 Å². The minimum Gasteiger partial charge on any atom is -0.548 e. The molecule has 0 aromatic carbocycles. The van der Waals surface area contributed by atoms with Gasteiger partial charge in [-0.1, -0.05) is 33.1 Å². The molecule has 0 unspecified atom stereocenters. The van der Waals surface area contributed by atoms with Crippen molar-refractivity contribution in [2.75, 3.05) is 26.2 Å². The Balaban J connectivity index is -0.000000101. The molecule has 4 atom stereocenters. The van der Waals surface area contributed by atoms with Crippen LogP contribution in [-0.2, 0) is 40.2 Å². The molecule has 0 aromatic heterocycles. The first kappa shape index (κ1) is 52.9. The first-order valence-corrected chi connectivity index (χ1v) is 13.4. The Bertz CT molecular complexity index is 535. The van der Waals surface area contributed by atoms with Gasteiger partial charge in [-0.05, 0) is 77.5 Å². The monoisotopic (exact) mass is 791 g/mol. The van der Waals surface area contributed by atoms with Crippen LogP contribution in [0, 0.1) is 0 Å². The van der Waals surface area contributed by atoms with Crippen molar-refractivity contribution in [1.29, 1.82) is 0 Å². The van der Waals surface area contributed by atoms with Crippen LogP contribution in [0.2, 0.25) is 0 Å². The van der Waals surface area contributed by atoms with Crippen LogP contribution in [0.25, 0.3) is 0 Å². The number of aliphatic carboxylic acids is 4. The first-order chi connectivity index (χ1) is 18.7. The minimum absolute atomic E-state index is 0. The van der Waals surface area contributed by atoms with Crippen LogP contribution in [0.15, 0.2) is 0 Å². The largest absolute Gasteiger partial charge is 4.00 e. The van der Waals surface area contributed by atoms with Gasteiger partial charge in [0, 0.05) is 24.2 Å². The molecule has 17 heteroatoms. The molecule has 0 rings (SSSR count). The van der Waals surface area contributed by atoms with Gasteiger partial charge in [0.15, 0.2) is 0 Å². The third kappa shape index (κ3) is 45.2. The zero-order valence-electron chi connectivity index (χ0n) is 23.8. The van der Waals surface area contributed by atoms with E-state index in [1.54, 1.807) is 0 Å². The predicted molar refractivity (Wildman–Crippen MR) is 150 cm³/mol. The molecular formula is C25H56N8O8Pt. The van der Waals surface area contributed by atoms with Gasteiger partial charge >= 0.3 is 21.1 Å². The molecule has 254 valence electrons. The van der Waals surface area contributed by atoms with E-state index in [4.69, 9.17) is 45.9 Å². The maximum Gasteiger partial charge on any atom is 4.00 e. The molecule has 0 fully saturated rings.